The minimum absolute atomic E-state index is 0.983. The smallest absolute Gasteiger partial charge is 0.351 e. The summed E-state index contributed by atoms with van der Waals surface area (Å²) in [6, 6.07) is -1.09. The zero-order chi connectivity index (χ0) is 7.49. The molecule has 0 aromatic carbocycles. The van der Waals surface area contributed by atoms with Gasteiger partial charge in [0.25, 0.3) is 0 Å². The molecule has 9 heavy (non-hydrogen) atoms. The minimum Gasteiger partial charge on any atom is -0.351 e. The van der Waals surface area contributed by atoms with Gasteiger partial charge in [-0.15, -0.1) is 0 Å². The van der Waals surface area contributed by atoms with Gasteiger partial charge in [0.1, 0.15) is 0 Å². The number of nitrogens with one attached hydrogen (secondary N) is 1. The summed E-state index contributed by atoms with van der Waals surface area (Å²) in [5.41, 5.74) is 4.49. The van der Waals surface area contributed by atoms with E-state index in [0.29, 0.717) is 0 Å². The first-order chi connectivity index (χ1) is 3.98. The lowest BCUT2D eigenvalue weighted by molar-refractivity contribution is 0.247. The zero-order valence-corrected chi connectivity index (χ0v) is 5.59. The average molecular weight is 154 g/mol. The van der Waals surface area contributed by atoms with Gasteiger partial charge in [-0.1, -0.05) is 0 Å². The number of carbonyl (C=O) groups excluding carboxylic acids is 1. The second-order valence-electron chi connectivity index (χ2n) is 1.18. The monoisotopic (exact) mass is 154 g/mol. The first kappa shape index (κ1) is 8.42. The minimum atomic E-state index is -3.95. The van der Waals surface area contributed by atoms with Crippen LogP contribution in [0.25, 0.3) is 0 Å². The Morgan fingerprint density at radius 1 is 1.89 bits per heavy atom. The highest BCUT2D eigenvalue weighted by atomic mass is 31.2. The van der Waals surface area contributed by atoms with E-state index in [4.69, 9.17) is 4.89 Å². The second-order valence-corrected chi connectivity index (χ2v) is 2.81. The van der Waals surface area contributed by atoms with E-state index in [-0.39, 0.29) is 0 Å². The molecule has 4 N–H and O–H groups in total. The van der Waals surface area contributed by atoms with Gasteiger partial charge in [-0.2, -0.15) is 0 Å². The molecule has 0 aliphatic rings. The third-order valence-electron chi connectivity index (χ3n) is 0.499. The van der Waals surface area contributed by atoms with Crippen molar-refractivity contribution in [2.45, 2.75) is 0 Å². The fourth-order valence-electron chi connectivity index (χ4n) is 0.185. The number of nitrogens with two attached hydrogens (primary N) is 1. The lowest BCUT2D eigenvalue weighted by atomic mass is 11.2. The molecule has 0 saturated carbocycles. The first-order valence-corrected chi connectivity index (χ1v) is 3.52. The number of hydrogen-bond acceptors (Lipinski definition) is 3. The molecule has 0 aliphatic heterocycles. The molecule has 0 spiro atoms. The lowest BCUT2D eigenvalue weighted by Gasteiger charge is -2.06. The van der Waals surface area contributed by atoms with Crippen LogP contribution in [0.5, 0.6) is 0 Å². The van der Waals surface area contributed by atoms with Gasteiger partial charge in [0.05, 0.1) is 0 Å². The van der Waals surface area contributed by atoms with Gasteiger partial charge < -0.3 is 10.6 Å². The maximum Gasteiger partial charge on any atom is 0.433 e. The van der Waals surface area contributed by atoms with Crippen LogP contribution in [-0.2, 0) is 9.09 Å². The molecule has 0 aliphatic carbocycles. The SMILES string of the molecule is COP(=O)(O)NC(N)=O. The Labute approximate surface area is 51.6 Å². The fourth-order valence-corrected chi connectivity index (χ4v) is 0.555. The van der Waals surface area contributed by atoms with Crippen molar-refractivity contribution in [1.29, 1.82) is 0 Å². The Bertz CT molecular complexity index is 157. The second kappa shape index (κ2) is 2.82. The molecule has 1 atom stereocenters. The Kier molecular flexibility index (Phi) is 2.64. The Morgan fingerprint density at radius 3 is 2.44 bits per heavy atom. The number of rotatable bonds is 2. The van der Waals surface area contributed by atoms with Crippen molar-refractivity contribution in [1.82, 2.24) is 5.09 Å². The van der Waals surface area contributed by atoms with Gasteiger partial charge >= 0.3 is 13.8 Å². The molecular formula is C2H7N2O4P. The van der Waals surface area contributed by atoms with Crippen molar-refractivity contribution in [3.63, 3.8) is 0 Å². The van der Waals surface area contributed by atoms with Crippen molar-refractivity contribution < 1.29 is 18.8 Å². The highest BCUT2D eigenvalue weighted by molar-refractivity contribution is 7.51. The Hall–Kier alpha value is -0.580. The summed E-state index contributed by atoms with van der Waals surface area (Å²) in [4.78, 5) is 18.3. The summed E-state index contributed by atoms with van der Waals surface area (Å²) in [5, 5.41) is 1.50. The van der Waals surface area contributed by atoms with Gasteiger partial charge in [-0.25, -0.2) is 14.4 Å². The molecule has 0 bridgehead atoms. The lowest BCUT2D eigenvalue weighted by Crippen LogP contribution is -2.26. The van der Waals surface area contributed by atoms with E-state index in [9.17, 15) is 9.36 Å². The van der Waals surface area contributed by atoms with Crippen molar-refractivity contribution in [2.24, 2.45) is 5.73 Å². The van der Waals surface area contributed by atoms with Crippen molar-refractivity contribution in [3.8, 4) is 0 Å². The molecule has 0 aromatic heterocycles. The maximum absolute atomic E-state index is 10.3. The molecule has 2 amide bonds. The van der Waals surface area contributed by atoms with Gasteiger partial charge in [-0.3, -0.25) is 4.52 Å². The van der Waals surface area contributed by atoms with Gasteiger partial charge in [0.15, 0.2) is 0 Å². The number of urea groups is 1. The van der Waals surface area contributed by atoms with Crippen LogP contribution >= 0.6 is 7.75 Å². The van der Waals surface area contributed by atoms with Crippen LogP contribution in [0.2, 0.25) is 0 Å². The third kappa shape index (κ3) is 3.96. The summed E-state index contributed by atoms with van der Waals surface area (Å²) < 4.78 is 14.3. The van der Waals surface area contributed by atoms with E-state index in [0.717, 1.165) is 7.11 Å². The van der Waals surface area contributed by atoms with E-state index in [1.807, 2.05) is 0 Å². The van der Waals surface area contributed by atoms with Crippen LogP contribution in [0, 0.1) is 0 Å². The summed E-state index contributed by atoms with van der Waals surface area (Å²) >= 11 is 0. The molecule has 0 aromatic rings. The molecule has 7 heteroatoms. The number of primary amides is 1. The van der Waals surface area contributed by atoms with Gasteiger partial charge in [0, 0.05) is 7.11 Å². The summed E-state index contributed by atoms with van der Waals surface area (Å²) in [5.74, 6) is 0. The van der Waals surface area contributed by atoms with Crippen molar-refractivity contribution in [2.75, 3.05) is 7.11 Å². The third-order valence-corrected chi connectivity index (χ3v) is 1.50. The summed E-state index contributed by atoms with van der Waals surface area (Å²) in [6.45, 7) is 0. The van der Waals surface area contributed by atoms with Crippen molar-refractivity contribution >= 4 is 13.8 Å². The predicted molar refractivity (Wildman–Crippen MR) is 29.6 cm³/mol. The maximum atomic E-state index is 10.3. The zero-order valence-electron chi connectivity index (χ0n) is 4.70. The largest absolute Gasteiger partial charge is 0.433 e. The normalized spacial score (nSPS) is 16.2. The van der Waals surface area contributed by atoms with E-state index >= 15 is 0 Å². The molecule has 1 unspecified atom stereocenters. The standard InChI is InChI=1S/C2H7N2O4P/c1-8-9(6,7)4-2(3)5/h1H3,(H4,3,4,5,6,7). The van der Waals surface area contributed by atoms with E-state index in [1.165, 1.54) is 5.09 Å². The van der Waals surface area contributed by atoms with Crippen LogP contribution in [0.15, 0.2) is 0 Å². The van der Waals surface area contributed by atoms with Crippen LogP contribution in [0.1, 0.15) is 0 Å². The molecule has 6 nitrogen and oxygen atoms in total. The fraction of sp³-hybridized carbons (Fsp3) is 0.500. The van der Waals surface area contributed by atoms with Crippen LogP contribution < -0.4 is 10.8 Å². The highest BCUT2D eigenvalue weighted by Gasteiger charge is 2.17. The molecule has 54 valence electrons. The Morgan fingerprint density at radius 2 is 2.33 bits per heavy atom. The highest BCUT2D eigenvalue weighted by Crippen LogP contribution is 2.34. The van der Waals surface area contributed by atoms with E-state index in [1.54, 1.807) is 0 Å². The van der Waals surface area contributed by atoms with E-state index in [2.05, 4.69) is 10.3 Å². The van der Waals surface area contributed by atoms with E-state index < -0.39 is 13.8 Å². The van der Waals surface area contributed by atoms with Gasteiger partial charge in [-0.05, 0) is 0 Å². The van der Waals surface area contributed by atoms with Crippen molar-refractivity contribution in [3.05, 3.63) is 0 Å². The summed E-state index contributed by atoms with van der Waals surface area (Å²) in [6.07, 6.45) is 0. The molecule has 0 fully saturated rings. The van der Waals surface area contributed by atoms with Crippen LogP contribution in [0.4, 0.5) is 4.79 Å². The number of hydrogen-bond donors (Lipinski definition) is 3. The molecule has 0 rings (SSSR count). The first-order valence-electron chi connectivity index (χ1n) is 1.94. The predicted octanol–water partition coefficient (Wildman–Crippen LogP) is -0.599. The van der Waals surface area contributed by atoms with Crippen LogP contribution in [-0.4, -0.2) is 18.0 Å². The average Bonchev–Trinajstić information content (AvgIpc) is 1.63. The summed E-state index contributed by atoms with van der Waals surface area (Å²) in [7, 11) is -2.97. The van der Waals surface area contributed by atoms with Gasteiger partial charge in [0.2, 0.25) is 0 Å². The quantitative estimate of drug-likeness (QED) is 0.462. The Balaban J connectivity index is 3.88. The van der Waals surface area contributed by atoms with Crippen LogP contribution in [0.3, 0.4) is 0 Å². The molecule has 0 radical (unpaired) electrons. The number of amides is 2. The molecular weight excluding hydrogens is 147 g/mol. The molecule has 0 heterocycles. The topological polar surface area (TPSA) is 102 Å². The number of carbonyl (C=O) groups is 1. The molecule has 0 saturated heterocycles.